The zero-order valence-corrected chi connectivity index (χ0v) is 15.8. The van der Waals surface area contributed by atoms with Crippen LogP contribution in [0, 0.1) is 16.7 Å². The number of aromatic nitrogens is 1. The monoisotopic (exact) mass is 418 g/mol. The van der Waals surface area contributed by atoms with E-state index >= 15 is 0 Å². The maximum atomic E-state index is 4.55. The van der Waals surface area contributed by atoms with Crippen LogP contribution in [-0.4, -0.2) is 4.98 Å². The largest absolute Gasteiger partial charge is 0.302 e. The molecule has 2 aromatic heterocycles. The van der Waals surface area contributed by atoms with Gasteiger partial charge in [-0.1, -0.05) is 0 Å². The summed E-state index contributed by atoms with van der Waals surface area (Å²) in [6.07, 6.45) is 3.81. The summed E-state index contributed by atoms with van der Waals surface area (Å²) < 4.78 is 1.42. The van der Waals surface area contributed by atoms with Gasteiger partial charge in [-0.25, -0.2) is 4.98 Å². The molecular formula is C15H19IN2S2. The fourth-order valence-electron chi connectivity index (χ4n) is 3.02. The fourth-order valence-corrected chi connectivity index (χ4v) is 6.08. The van der Waals surface area contributed by atoms with Crippen molar-refractivity contribution in [1.82, 2.24) is 10.3 Å². The fraction of sp³-hybridized carbons (Fsp3) is 0.533. The molecule has 108 valence electrons. The van der Waals surface area contributed by atoms with Gasteiger partial charge in [-0.2, -0.15) is 0 Å². The Balaban J connectivity index is 1.80. The number of fused-ring (bicyclic) bond motifs is 1. The number of thiophene rings is 1. The number of rotatable bonds is 3. The van der Waals surface area contributed by atoms with Crippen molar-refractivity contribution in [3.05, 3.63) is 35.0 Å². The summed E-state index contributed by atoms with van der Waals surface area (Å²) in [6.45, 7) is 6.48. The second-order valence-electron chi connectivity index (χ2n) is 5.44. The van der Waals surface area contributed by atoms with Gasteiger partial charge >= 0.3 is 0 Å². The SMILES string of the molecule is Cc1nc(C)c(C(C)NC2CCCc3sc(I)cc32)s1. The molecule has 0 aromatic carbocycles. The molecule has 2 aromatic rings. The molecule has 2 heterocycles. The van der Waals surface area contributed by atoms with Crippen LogP contribution in [-0.2, 0) is 6.42 Å². The first-order chi connectivity index (χ1) is 9.54. The zero-order chi connectivity index (χ0) is 14.3. The van der Waals surface area contributed by atoms with Crippen LogP contribution >= 0.6 is 45.3 Å². The van der Waals surface area contributed by atoms with Crippen LogP contribution < -0.4 is 5.32 Å². The molecule has 2 unspecified atom stereocenters. The van der Waals surface area contributed by atoms with Gasteiger partial charge in [0.25, 0.3) is 0 Å². The van der Waals surface area contributed by atoms with Crippen molar-refractivity contribution >= 4 is 45.3 Å². The van der Waals surface area contributed by atoms with Crippen molar-refractivity contribution in [2.45, 2.75) is 52.1 Å². The molecule has 0 saturated carbocycles. The smallest absolute Gasteiger partial charge is 0.0900 e. The number of nitrogens with one attached hydrogen (secondary N) is 1. The minimum absolute atomic E-state index is 0.384. The number of hydrogen-bond donors (Lipinski definition) is 1. The normalized spacial score (nSPS) is 19.9. The van der Waals surface area contributed by atoms with Crippen molar-refractivity contribution in [1.29, 1.82) is 0 Å². The van der Waals surface area contributed by atoms with Crippen LogP contribution in [0.3, 0.4) is 0 Å². The van der Waals surface area contributed by atoms with Crippen molar-refractivity contribution in [2.75, 3.05) is 0 Å². The number of aryl methyl sites for hydroxylation is 3. The molecule has 0 fully saturated rings. The zero-order valence-electron chi connectivity index (χ0n) is 12.0. The molecule has 2 nitrogen and oxygen atoms in total. The van der Waals surface area contributed by atoms with Crippen molar-refractivity contribution < 1.29 is 0 Å². The molecule has 0 bridgehead atoms. The topological polar surface area (TPSA) is 24.9 Å². The van der Waals surface area contributed by atoms with Gasteiger partial charge in [-0.3, -0.25) is 0 Å². The highest BCUT2D eigenvalue weighted by Crippen LogP contribution is 2.38. The van der Waals surface area contributed by atoms with Gasteiger partial charge < -0.3 is 5.32 Å². The van der Waals surface area contributed by atoms with Gasteiger partial charge in [0, 0.05) is 21.8 Å². The van der Waals surface area contributed by atoms with Gasteiger partial charge in [-0.15, -0.1) is 22.7 Å². The van der Waals surface area contributed by atoms with Crippen LogP contribution in [0.2, 0.25) is 0 Å². The lowest BCUT2D eigenvalue weighted by Gasteiger charge is -2.27. The summed E-state index contributed by atoms with van der Waals surface area (Å²) in [5, 5.41) is 5.00. The number of hydrogen-bond acceptors (Lipinski definition) is 4. The van der Waals surface area contributed by atoms with Gasteiger partial charge in [0.1, 0.15) is 0 Å². The second kappa shape index (κ2) is 6.02. The number of halogens is 1. The van der Waals surface area contributed by atoms with E-state index in [1.54, 1.807) is 4.88 Å². The molecule has 5 heteroatoms. The van der Waals surface area contributed by atoms with E-state index in [0.29, 0.717) is 12.1 Å². The Bertz CT molecular complexity index is 617. The highest BCUT2D eigenvalue weighted by atomic mass is 127. The Morgan fingerprint density at radius 2 is 2.20 bits per heavy atom. The van der Waals surface area contributed by atoms with Gasteiger partial charge in [0.15, 0.2) is 0 Å². The van der Waals surface area contributed by atoms with Crippen LogP contribution in [0.4, 0.5) is 0 Å². The average Bonchev–Trinajstić information content (AvgIpc) is 2.91. The van der Waals surface area contributed by atoms with E-state index in [2.05, 4.69) is 59.7 Å². The summed E-state index contributed by atoms with van der Waals surface area (Å²) in [7, 11) is 0. The third-order valence-electron chi connectivity index (χ3n) is 3.87. The Kier molecular flexibility index (Phi) is 4.50. The predicted octanol–water partition coefficient (Wildman–Crippen LogP) is 5.15. The Labute approximate surface area is 142 Å². The standard InChI is InChI=1S/C15H19IN2S2/c1-8-15(19-10(3)17-8)9(2)18-12-5-4-6-13-11(12)7-14(16)20-13/h7,9,12,18H,4-6H2,1-3H3. The van der Waals surface area contributed by atoms with E-state index in [0.717, 1.165) is 0 Å². The predicted molar refractivity (Wildman–Crippen MR) is 95.9 cm³/mol. The first-order valence-corrected chi connectivity index (χ1v) is 9.74. The second-order valence-corrected chi connectivity index (χ2v) is 9.71. The van der Waals surface area contributed by atoms with Crippen LogP contribution in [0.25, 0.3) is 0 Å². The maximum Gasteiger partial charge on any atom is 0.0900 e. The van der Waals surface area contributed by atoms with Crippen molar-refractivity contribution in [3.8, 4) is 0 Å². The van der Waals surface area contributed by atoms with Gasteiger partial charge in [-0.05, 0) is 74.3 Å². The van der Waals surface area contributed by atoms with E-state index in [1.165, 1.54) is 43.3 Å². The van der Waals surface area contributed by atoms with Crippen LogP contribution in [0.1, 0.15) is 57.9 Å². The quantitative estimate of drug-likeness (QED) is 0.697. The highest BCUT2D eigenvalue weighted by molar-refractivity contribution is 14.1. The average molecular weight is 418 g/mol. The number of thiazole rings is 1. The highest BCUT2D eigenvalue weighted by Gasteiger charge is 2.25. The lowest BCUT2D eigenvalue weighted by atomic mass is 9.93. The minimum Gasteiger partial charge on any atom is -0.302 e. The Morgan fingerprint density at radius 3 is 2.90 bits per heavy atom. The Hall–Kier alpha value is 0.0200. The van der Waals surface area contributed by atoms with Crippen LogP contribution in [0.5, 0.6) is 0 Å². The molecule has 0 radical (unpaired) electrons. The summed E-state index contributed by atoms with van der Waals surface area (Å²) in [5.41, 5.74) is 2.72. The minimum atomic E-state index is 0.384. The molecule has 0 amide bonds. The van der Waals surface area contributed by atoms with E-state index in [4.69, 9.17) is 0 Å². The van der Waals surface area contributed by atoms with Gasteiger partial charge in [0.2, 0.25) is 0 Å². The molecule has 1 aliphatic rings. The molecular weight excluding hydrogens is 399 g/mol. The molecule has 0 saturated heterocycles. The molecule has 2 atom stereocenters. The third kappa shape index (κ3) is 2.96. The summed E-state index contributed by atoms with van der Waals surface area (Å²) in [4.78, 5) is 7.53. The van der Waals surface area contributed by atoms with Gasteiger partial charge in [0.05, 0.1) is 13.6 Å². The lowest BCUT2D eigenvalue weighted by molar-refractivity contribution is 0.420. The van der Waals surface area contributed by atoms with Crippen molar-refractivity contribution in [2.24, 2.45) is 0 Å². The van der Waals surface area contributed by atoms with E-state index < -0.39 is 0 Å². The van der Waals surface area contributed by atoms with E-state index in [1.807, 2.05) is 22.7 Å². The summed E-state index contributed by atoms with van der Waals surface area (Å²) in [6, 6.07) is 3.26. The maximum absolute atomic E-state index is 4.55. The molecule has 0 spiro atoms. The van der Waals surface area contributed by atoms with Crippen LogP contribution in [0.15, 0.2) is 6.07 Å². The third-order valence-corrected chi connectivity index (χ3v) is 7.09. The molecule has 0 aliphatic heterocycles. The molecule has 3 rings (SSSR count). The van der Waals surface area contributed by atoms with E-state index in [9.17, 15) is 0 Å². The molecule has 1 N–H and O–H groups in total. The lowest BCUT2D eigenvalue weighted by Crippen LogP contribution is -2.27. The van der Waals surface area contributed by atoms with Crippen molar-refractivity contribution in [3.63, 3.8) is 0 Å². The first-order valence-electron chi connectivity index (χ1n) is 7.02. The first kappa shape index (κ1) is 14.9. The van der Waals surface area contributed by atoms with E-state index in [-0.39, 0.29) is 0 Å². The Morgan fingerprint density at radius 1 is 1.40 bits per heavy atom. The molecule has 20 heavy (non-hydrogen) atoms. The number of nitrogens with zero attached hydrogens (tertiary/aromatic N) is 1. The summed E-state index contributed by atoms with van der Waals surface area (Å²) >= 11 is 6.23. The molecule has 1 aliphatic carbocycles. The summed E-state index contributed by atoms with van der Waals surface area (Å²) in [5.74, 6) is 0.